The summed E-state index contributed by atoms with van der Waals surface area (Å²) in [4.78, 5) is 24.3. The topological polar surface area (TPSA) is 173 Å². The second-order valence-electron chi connectivity index (χ2n) is 15.5. The van der Waals surface area contributed by atoms with Crippen molar-refractivity contribution in [3.05, 3.63) is 83.2 Å². The molecule has 52 heavy (non-hydrogen) atoms. The fraction of sp³-hybridized carbons (Fsp3) is 0.444. The SMILES string of the molecule is CC(C)(C)c1cc(NC(=O)C(C)(C)S(=O)(=O)c2ccccc2F)n[nH]1.Cc1ccc(S(=O)(=O)C(C)(C)C(=O)Nc2cc(C(C)(C)C)nn2C)c(F)c1. The molecule has 2 heterocycles. The number of H-pyrrole nitrogens is 1. The van der Waals surface area contributed by atoms with E-state index in [1.165, 1.54) is 56.6 Å². The Bertz CT molecular complexity index is 2190. The maximum absolute atomic E-state index is 14.2. The van der Waals surface area contributed by atoms with Crippen LogP contribution in [0.4, 0.5) is 20.4 Å². The number of nitrogens with one attached hydrogen (secondary N) is 3. The standard InChI is InChI=1S/C19H26FN3O3S.C17H22FN3O3S/c1-12-8-9-14(13(20)10-12)27(25,26)19(5,6)17(24)21-16-11-15(18(2,3)4)22-23(16)7;1-16(2,3)13-10-14(21-20-13)19-15(22)17(4,5)25(23,24)12-9-7-6-8-11(12)18/h8-11H,1-7H3,(H,21,24);6-10H,1-5H3,(H2,19,20,21,22). The smallest absolute Gasteiger partial charge is 0.246 e. The summed E-state index contributed by atoms with van der Waals surface area (Å²) in [5.74, 6) is -2.72. The van der Waals surface area contributed by atoms with E-state index in [-0.39, 0.29) is 16.6 Å². The van der Waals surface area contributed by atoms with Crippen LogP contribution < -0.4 is 10.6 Å². The lowest BCUT2D eigenvalue weighted by atomic mass is 9.92. The van der Waals surface area contributed by atoms with E-state index < -0.39 is 62.4 Å². The molecule has 0 saturated carbocycles. The molecule has 0 fully saturated rings. The maximum atomic E-state index is 14.2. The molecule has 0 unspecified atom stereocenters. The molecule has 4 rings (SSSR count). The van der Waals surface area contributed by atoms with Crippen LogP contribution in [0.25, 0.3) is 0 Å². The van der Waals surface area contributed by atoms with E-state index >= 15 is 0 Å². The first kappa shape index (κ1) is 42.0. The van der Waals surface area contributed by atoms with E-state index in [9.17, 15) is 35.2 Å². The second-order valence-corrected chi connectivity index (χ2v) is 20.4. The normalized spacial score (nSPS) is 12.9. The minimum Gasteiger partial charge on any atom is -0.310 e. The molecule has 2 aromatic carbocycles. The molecule has 0 aliphatic carbocycles. The van der Waals surface area contributed by atoms with Crippen LogP contribution in [-0.4, -0.2) is 58.1 Å². The summed E-state index contributed by atoms with van der Waals surface area (Å²) in [5, 5.41) is 16.2. The number of benzene rings is 2. The van der Waals surface area contributed by atoms with Gasteiger partial charge in [0.05, 0.1) is 5.69 Å². The van der Waals surface area contributed by atoms with Gasteiger partial charge in [0, 0.05) is 35.7 Å². The highest BCUT2D eigenvalue weighted by Gasteiger charge is 2.45. The minimum atomic E-state index is -4.26. The number of hydrogen-bond acceptors (Lipinski definition) is 8. The Labute approximate surface area is 304 Å². The Morgan fingerprint density at radius 2 is 1.23 bits per heavy atom. The number of sulfone groups is 2. The first-order valence-corrected chi connectivity index (χ1v) is 19.2. The number of hydrogen-bond donors (Lipinski definition) is 3. The molecule has 2 amide bonds. The van der Waals surface area contributed by atoms with Crippen molar-refractivity contribution in [3.63, 3.8) is 0 Å². The molecule has 0 radical (unpaired) electrons. The van der Waals surface area contributed by atoms with Crippen molar-refractivity contribution in [3.8, 4) is 0 Å². The summed E-state index contributed by atoms with van der Waals surface area (Å²) in [6.07, 6.45) is 0. The summed E-state index contributed by atoms with van der Waals surface area (Å²) in [6, 6.07) is 12.2. The minimum absolute atomic E-state index is 0.204. The first-order valence-electron chi connectivity index (χ1n) is 16.3. The third kappa shape index (κ3) is 8.60. The lowest BCUT2D eigenvalue weighted by Gasteiger charge is -2.24. The zero-order valence-corrected chi connectivity index (χ0v) is 33.2. The van der Waals surface area contributed by atoms with Crippen LogP contribution in [-0.2, 0) is 47.1 Å². The van der Waals surface area contributed by atoms with Crippen LogP contribution in [0.3, 0.4) is 0 Å². The van der Waals surface area contributed by atoms with Crippen LogP contribution >= 0.6 is 0 Å². The predicted molar refractivity (Wildman–Crippen MR) is 197 cm³/mol. The van der Waals surface area contributed by atoms with Gasteiger partial charge in [-0.25, -0.2) is 25.6 Å². The van der Waals surface area contributed by atoms with Gasteiger partial charge < -0.3 is 10.6 Å². The zero-order valence-electron chi connectivity index (χ0n) is 31.6. The number of aromatic nitrogens is 4. The third-order valence-electron chi connectivity index (χ3n) is 8.46. The number of rotatable bonds is 8. The number of halogens is 2. The van der Waals surface area contributed by atoms with Crippen LogP contribution in [0, 0.1) is 18.6 Å². The van der Waals surface area contributed by atoms with Crippen LogP contribution in [0.2, 0.25) is 0 Å². The fourth-order valence-corrected chi connectivity index (χ4v) is 7.37. The summed E-state index contributed by atoms with van der Waals surface area (Å²) >= 11 is 0. The van der Waals surface area contributed by atoms with Gasteiger partial charge in [0.25, 0.3) is 0 Å². The highest BCUT2D eigenvalue weighted by molar-refractivity contribution is 7.94. The predicted octanol–water partition coefficient (Wildman–Crippen LogP) is 6.39. The summed E-state index contributed by atoms with van der Waals surface area (Å²) < 4.78 is 77.2. The molecule has 0 atom stereocenters. The van der Waals surface area contributed by atoms with Gasteiger partial charge in [0.1, 0.15) is 36.7 Å². The maximum Gasteiger partial charge on any atom is 0.246 e. The number of anilines is 2. The van der Waals surface area contributed by atoms with Crippen LogP contribution in [0.1, 0.15) is 86.2 Å². The number of amides is 2. The Balaban J connectivity index is 0.000000281. The number of aromatic amines is 1. The van der Waals surface area contributed by atoms with E-state index in [0.29, 0.717) is 11.4 Å². The fourth-order valence-electron chi connectivity index (χ4n) is 4.53. The van der Waals surface area contributed by atoms with Gasteiger partial charge in [-0.2, -0.15) is 10.2 Å². The van der Waals surface area contributed by atoms with E-state index in [1.54, 1.807) is 26.1 Å². The molecule has 0 saturated heterocycles. The Morgan fingerprint density at radius 3 is 1.69 bits per heavy atom. The highest BCUT2D eigenvalue weighted by atomic mass is 32.2. The van der Waals surface area contributed by atoms with E-state index in [2.05, 4.69) is 25.9 Å². The highest BCUT2D eigenvalue weighted by Crippen LogP contribution is 2.31. The average molecular weight is 763 g/mol. The van der Waals surface area contributed by atoms with Crippen molar-refractivity contribution < 1.29 is 35.2 Å². The van der Waals surface area contributed by atoms with Gasteiger partial charge in [-0.05, 0) is 64.4 Å². The average Bonchev–Trinajstić information content (AvgIpc) is 3.64. The van der Waals surface area contributed by atoms with Gasteiger partial charge >= 0.3 is 0 Å². The molecule has 16 heteroatoms. The molecule has 0 aliphatic rings. The largest absolute Gasteiger partial charge is 0.310 e. The number of nitrogens with zero attached hydrogens (tertiary/aromatic N) is 3. The second kappa shape index (κ2) is 14.5. The molecule has 0 bridgehead atoms. The van der Waals surface area contributed by atoms with Crippen LogP contribution in [0.5, 0.6) is 0 Å². The monoisotopic (exact) mass is 762 g/mol. The van der Waals surface area contributed by atoms with Crippen molar-refractivity contribution in [2.24, 2.45) is 7.05 Å². The van der Waals surface area contributed by atoms with Gasteiger partial charge in [0.2, 0.25) is 11.8 Å². The molecule has 0 spiro atoms. The lowest BCUT2D eigenvalue weighted by Crippen LogP contribution is -2.45. The quantitative estimate of drug-likeness (QED) is 0.185. The van der Waals surface area contributed by atoms with Crippen molar-refractivity contribution >= 4 is 43.1 Å². The molecule has 4 aromatic rings. The van der Waals surface area contributed by atoms with Gasteiger partial charge in [-0.15, -0.1) is 0 Å². The molecular weight excluding hydrogens is 715 g/mol. The molecule has 284 valence electrons. The molecule has 2 aromatic heterocycles. The van der Waals surface area contributed by atoms with E-state index in [0.717, 1.165) is 29.6 Å². The summed E-state index contributed by atoms with van der Waals surface area (Å²) in [6.45, 7) is 18.5. The Hall–Kier alpha value is -4.44. The third-order valence-corrected chi connectivity index (χ3v) is 13.3. The molecule has 0 aliphatic heterocycles. The first-order chi connectivity index (χ1) is 23.5. The molecule has 12 nitrogen and oxygen atoms in total. The summed E-state index contributed by atoms with van der Waals surface area (Å²) in [7, 11) is -6.83. The van der Waals surface area contributed by atoms with Gasteiger partial charge in [0.15, 0.2) is 25.5 Å². The van der Waals surface area contributed by atoms with Gasteiger partial charge in [-0.3, -0.25) is 19.4 Å². The Kier molecular flexibility index (Phi) is 11.7. The Morgan fingerprint density at radius 1 is 0.712 bits per heavy atom. The molecule has 3 N–H and O–H groups in total. The van der Waals surface area contributed by atoms with Crippen molar-refractivity contribution in [1.29, 1.82) is 0 Å². The van der Waals surface area contributed by atoms with Crippen molar-refractivity contribution in [1.82, 2.24) is 20.0 Å². The lowest BCUT2D eigenvalue weighted by molar-refractivity contribution is -0.118. The number of aryl methyl sites for hydroxylation is 2. The van der Waals surface area contributed by atoms with Gasteiger partial charge in [-0.1, -0.05) is 59.7 Å². The zero-order chi connectivity index (χ0) is 39.8. The molecular formula is C36H48F2N6O6S2. The van der Waals surface area contributed by atoms with Crippen molar-refractivity contribution in [2.45, 2.75) is 106 Å². The van der Waals surface area contributed by atoms with Crippen molar-refractivity contribution in [2.75, 3.05) is 10.6 Å². The van der Waals surface area contributed by atoms with E-state index in [4.69, 9.17) is 0 Å². The van der Waals surface area contributed by atoms with E-state index in [1.807, 2.05) is 41.5 Å². The van der Waals surface area contributed by atoms with Crippen LogP contribution in [0.15, 0.2) is 64.4 Å². The number of carbonyl (C=O) groups is 2. The number of carbonyl (C=O) groups excluding carboxylic acids is 2. The summed E-state index contributed by atoms with van der Waals surface area (Å²) in [5.41, 5.74) is 1.71.